The number of amides is 2. The smallest absolute Gasteiger partial charge is 0.315 e. The van der Waals surface area contributed by atoms with Crippen LogP contribution in [0.25, 0.3) is 0 Å². The molecule has 1 aromatic heterocycles. The molecule has 8 heteroatoms. The summed E-state index contributed by atoms with van der Waals surface area (Å²) in [7, 11) is 0. The number of non-ortho nitro benzene ring substituents is 1. The van der Waals surface area contributed by atoms with Crippen molar-refractivity contribution in [3.63, 3.8) is 0 Å². The first kappa shape index (κ1) is 20.5. The summed E-state index contributed by atoms with van der Waals surface area (Å²) in [6.45, 7) is 2.46. The second-order valence-corrected chi connectivity index (χ2v) is 7.41. The molecule has 0 aliphatic rings. The van der Waals surface area contributed by atoms with Gasteiger partial charge < -0.3 is 10.6 Å². The SMILES string of the molecule is CCc1csc([C@H](Cc2ccc([N+](=O)[O-])cc2)NC(=O)NCc2ccccc2)n1. The van der Waals surface area contributed by atoms with Crippen LogP contribution in [-0.4, -0.2) is 15.9 Å². The Hall–Kier alpha value is -3.26. The molecule has 0 unspecified atom stereocenters. The van der Waals surface area contributed by atoms with Crippen molar-refractivity contribution < 1.29 is 9.72 Å². The van der Waals surface area contributed by atoms with Crippen molar-refractivity contribution in [1.82, 2.24) is 15.6 Å². The van der Waals surface area contributed by atoms with Crippen LogP contribution in [0.15, 0.2) is 60.0 Å². The van der Waals surface area contributed by atoms with Crippen molar-refractivity contribution in [2.75, 3.05) is 0 Å². The van der Waals surface area contributed by atoms with Gasteiger partial charge in [-0.2, -0.15) is 0 Å². The predicted octanol–water partition coefficient (Wildman–Crippen LogP) is 4.40. The van der Waals surface area contributed by atoms with Crippen LogP contribution in [0.3, 0.4) is 0 Å². The van der Waals surface area contributed by atoms with Crippen LogP contribution >= 0.6 is 11.3 Å². The van der Waals surface area contributed by atoms with Crippen molar-refractivity contribution in [3.05, 3.63) is 91.9 Å². The first-order chi connectivity index (χ1) is 14.0. The maximum Gasteiger partial charge on any atom is 0.315 e. The molecule has 0 bridgehead atoms. The Morgan fingerprint density at radius 1 is 1.14 bits per heavy atom. The topological polar surface area (TPSA) is 97.2 Å². The van der Waals surface area contributed by atoms with Crippen LogP contribution in [0, 0.1) is 10.1 Å². The number of nitro benzene ring substituents is 1. The molecule has 7 nitrogen and oxygen atoms in total. The zero-order valence-electron chi connectivity index (χ0n) is 16.0. The maximum atomic E-state index is 12.5. The lowest BCUT2D eigenvalue weighted by Gasteiger charge is -2.17. The van der Waals surface area contributed by atoms with E-state index in [4.69, 9.17) is 0 Å². The van der Waals surface area contributed by atoms with Gasteiger partial charge in [-0.05, 0) is 24.0 Å². The first-order valence-electron chi connectivity index (χ1n) is 9.31. The van der Waals surface area contributed by atoms with Crippen molar-refractivity contribution in [2.45, 2.75) is 32.4 Å². The van der Waals surface area contributed by atoms with Gasteiger partial charge in [0.2, 0.25) is 0 Å². The number of benzene rings is 2. The highest BCUT2D eigenvalue weighted by Crippen LogP contribution is 2.24. The Labute approximate surface area is 173 Å². The predicted molar refractivity (Wildman–Crippen MR) is 113 cm³/mol. The van der Waals surface area contributed by atoms with E-state index in [1.807, 2.05) is 42.6 Å². The van der Waals surface area contributed by atoms with Crippen molar-refractivity contribution >= 4 is 23.1 Å². The van der Waals surface area contributed by atoms with Crippen LogP contribution < -0.4 is 10.6 Å². The summed E-state index contributed by atoms with van der Waals surface area (Å²) in [6, 6.07) is 15.4. The van der Waals surface area contributed by atoms with Gasteiger partial charge in [-0.15, -0.1) is 11.3 Å². The minimum absolute atomic E-state index is 0.0429. The number of nitrogens with zero attached hydrogens (tertiary/aromatic N) is 2. The molecule has 2 N–H and O–H groups in total. The number of nitrogens with one attached hydrogen (secondary N) is 2. The van der Waals surface area contributed by atoms with Gasteiger partial charge in [0.15, 0.2) is 0 Å². The number of aryl methyl sites for hydroxylation is 1. The summed E-state index contributed by atoms with van der Waals surface area (Å²) in [4.78, 5) is 27.5. The van der Waals surface area contributed by atoms with E-state index < -0.39 is 4.92 Å². The van der Waals surface area contributed by atoms with Crippen LogP contribution in [-0.2, 0) is 19.4 Å². The highest BCUT2D eigenvalue weighted by atomic mass is 32.1. The van der Waals surface area contributed by atoms with Gasteiger partial charge in [0.05, 0.1) is 16.7 Å². The number of hydrogen-bond acceptors (Lipinski definition) is 5. The second-order valence-electron chi connectivity index (χ2n) is 6.52. The lowest BCUT2D eigenvalue weighted by Crippen LogP contribution is -2.38. The number of carbonyl (C=O) groups is 1. The average molecular weight is 410 g/mol. The number of thiazole rings is 1. The van der Waals surface area contributed by atoms with E-state index in [-0.39, 0.29) is 17.8 Å². The average Bonchev–Trinajstić information content (AvgIpc) is 3.22. The molecule has 3 aromatic rings. The molecule has 1 heterocycles. The Morgan fingerprint density at radius 2 is 1.86 bits per heavy atom. The molecule has 29 heavy (non-hydrogen) atoms. The summed E-state index contributed by atoms with van der Waals surface area (Å²) in [5.74, 6) is 0. The highest BCUT2D eigenvalue weighted by Gasteiger charge is 2.19. The van der Waals surface area contributed by atoms with E-state index in [1.165, 1.54) is 23.5 Å². The Bertz CT molecular complexity index is 958. The van der Waals surface area contributed by atoms with E-state index in [9.17, 15) is 14.9 Å². The molecule has 0 radical (unpaired) electrons. The number of urea groups is 1. The summed E-state index contributed by atoms with van der Waals surface area (Å²) < 4.78 is 0. The fourth-order valence-corrected chi connectivity index (χ4v) is 3.77. The van der Waals surface area contributed by atoms with Gasteiger partial charge in [-0.3, -0.25) is 10.1 Å². The number of hydrogen-bond donors (Lipinski definition) is 2. The van der Waals surface area contributed by atoms with Crippen LogP contribution in [0.1, 0.15) is 34.8 Å². The summed E-state index contributed by atoms with van der Waals surface area (Å²) in [5, 5.41) is 19.5. The Morgan fingerprint density at radius 3 is 2.48 bits per heavy atom. The molecule has 0 fully saturated rings. The van der Waals surface area contributed by atoms with Crippen molar-refractivity contribution in [2.24, 2.45) is 0 Å². The zero-order valence-corrected chi connectivity index (χ0v) is 16.8. The quantitative estimate of drug-likeness (QED) is 0.425. The van der Waals surface area contributed by atoms with Gasteiger partial charge in [0.25, 0.3) is 5.69 Å². The molecule has 0 saturated carbocycles. The standard InChI is InChI=1S/C21H22N4O3S/c1-2-17-14-29-20(23-17)19(12-15-8-10-18(11-9-15)25(27)28)24-21(26)22-13-16-6-4-3-5-7-16/h3-11,14,19H,2,12-13H2,1H3,(H2,22,24,26)/t19-/m0/s1. The fourth-order valence-electron chi connectivity index (χ4n) is 2.82. The minimum atomic E-state index is -0.426. The number of rotatable bonds is 8. The molecule has 0 aliphatic carbocycles. The van der Waals surface area contributed by atoms with Gasteiger partial charge in [-0.25, -0.2) is 9.78 Å². The van der Waals surface area contributed by atoms with Crippen molar-refractivity contribution in [1.29, 1.82) is 0 Å². The zero-order chi connectivity index (χ0) is 20.6. The maximum absolute atomic E-state index is 12.5. The molecule has 2 aromatic carbocycles. The first-order valence-corrected chi connectivity index (χ1v) is 10.2. The molecule has 0 aliphatic heterocycles. The molecule has 150 valence electrons. The summed E-state index contributed by atoms with van der Waals surface area (Å²) in [5.41, 5.74) is 2.92. The van der Waals surface area contributed by atoms with E-state index in [1.54, 1.807) is 12.1 Å². The minimum Gasteiger partial charge on any atom is -0.334 e. The monoisotopic (exact) mass is 410 g/mol. The van der Waals surface area contributed by atoms with Gasteiger partial charge >= 0.3 is 6.03 Å². The van der Waals surface area contributed by atoms with E-state index >= 15 is 0 Å². The lowest BCUT2D eigenvalue weighted by atomic mass is 10.1. The van der Waals surface area contributed by atoms with E-state index in [0.29, 0.717) is 13.0 Å². The van der Waals surface area contributed by atoms with Gasteiger partial charge in [-0.1, -0.05) is 49.4 Å². The fraction of sp³-hybridized carbons (Fsp3) is 0.238. The summed E-state index contributed by atoms with van der Waals surface area (Å²) in [6.07, 6.45) is 1.31. The molecular formula is C21H22N4O3S. The Kier molecular flexibility index (Phi) is 6.91. The van der Waals surface area contributed by atoms with E-state index in [0.717, 1.165) is 28.2 Å². The third kappa shape index (κ3) is 5.86. The van der Waals surface area contributed by atoms with Crippen LogP contribution in [0.2, 0.25) is 0 Å². The van der Waals surface area contributed by atoms with E-state index in [2.05, 4.69) is 15.6 Å². The Balaban J connectivity index is 1.70. The third-order valence-corrected chi connectivity index (χ3v) is 5.43. The molecule has 0 saturated heterocycles. The van der Waals surface area contributed by atoms with Gasteiger partial charge in [0, 0.05) is 24.1 Å². The van der Waals surface area contributed by atoms with Gasteiger partial charge in [0.1, 0.15) is 5.01 Å². The number of aromatic nitrogens is 1. The van der Waals surface area contributed by atoms with Crippen LogP contribution in [0.5, 0.6) is 0 Å². The second kappa shape index (κ2) is 9.79. The molecule has 3 rings (SSSR count). The normalized spacial score (nSPS) is 11.6. The molecule has 1 atom stereocenters. The molecule has 0 spiro atoms. The van der Waals surface area contributed by atoms with Crippen LogP contribution in [0.4, 0.5) is 10.5 Å². The number of nitro groups is 1. The summed E-state index contributed by atoms with van der Waals surface area (Å²) >= 11 is 1.50. The number of carbonyl (C=O) groups excluding carboxylic acids is 1. The molecular weight excluding hydrogens is 388 g/mol. The van der Waals surface area contributed by atoms with Crippen molar-refractivity contribution in [3.8, 4) is 0 Å². The lowest BCUT2D eigenvalue weighted by molar-refractivity contribution is -0.384. The highest BCUT2D eigenvalue weighted by molar-refractivity contribution is 7.09. The largest absolute Gasteiger partial charge is 0.334 e. The molecule has 2 amide bonds. The third-order valence-electron chi connectivity index (χ3n) is 4.42.